The van der Waals surface area contributed by atoms with Crippen molar-refractivity contribution in [1.82, 2.24) is 0 Å². The first kappa shape index (κ1) is 17.5. The maximum absolute atomic E-state index is 11.6. The van der Waals surface area contributed by atoms with Gasteiger partial charge >= 0.3 is 0 Å². The molecule has 0 bridgehead atoms. The molecule has 0 saturated carbocycles. The Balaban J connectivity index is 3.35. The van der Waals surface area contributed by atoms with E-state index in [0.29, 0.717) is 45.6 Å². The molecule has 0 aliphatic heterocycles. The van der Waals surface area contributed by atoms with E-state index in [1.165, 1.54) is 0 Å². The second-order valence-corrected chi connectivity index (χ2v) is 4.11. The molecule has 5 N–H and O–H groups in total. The largest absolute Gasteiger partial charge is 0.379 e. The highest BCUT2D eigenvalue weighted by Gasteiger charge is 2.12. The van der Waals surface area contributed by atoms with Gasteiger partial charge in [0.15, 0.2) is 0 Å². The number of unbranched alkanes of at least 4 members (excludes halogenated alkanes) is 1. The van der Waals surface area contributed by atoms with Gasteiger partial charge in [0.1, 0.15) is 12.6 Å². The normalized spacial score (nSPS) is 12.6. The van der Waals surface area contributed by atoms with E-state index < -0.39 is 0 Å². The first-order valence-corrected chi connectivity index (χ1v) is 6.47. The fraction of sp³-hybridized carbons (Fsp3) is 0.917. The third-order valence-corrected chi connectivity index (χ3v) is 2.56. The lowest BCUT2D eigenvalue weighted by atomic mass is 10.0. The molecule has 18 heavy (non-hydrogen) atoms. The van der Waals surface area contributed by atoms with E-state index in [-0.39, 0.29) is 18.6 Å². The van der Waals surface area contributed by atoms with Gasteiger partial charge in [0.25, 0.3) is 0 Å². The molecule has 0 aliphatic rings. The van der Waals surface area contributed by atoms with E-state index in [2.05, 4.69) is 4.74 Å². The van der Waals surface area contributed by atoms with Crippen LogP contribution in [0.2, 0.25) is 0 Å². The van der Waals surface area contributed by atoms with Crippen LogP contribution in [0.1, 0.15) is 32.1 Å². The molecule has 0 radical (unpaired) electrons. The molecule has 1 atom stereocenters. The lowest BCUT2D eigenvalue weighted by Crippen LogP contribution is -2.30. The smallest absolute Gasteiger partial charge is 0.149 e. The molecule has 1 unspecified atom stereocenters. The third kappa shape index (κ3) is 10.6. The molecule has 6 heteroatoms. The number of Topliss-reactive ketones (excluding diaryl/α,β-unsaturated/α-hetero) is 1. The Bertz CT molecular complexity index is 203. The summed E-state index contributed by atoms with van der Waals surface area (Å²) in [7, 11) is 0. The highest BCUT2D eigenvalue weighted by Crippen LogP contribution is 2.03. The van der Waals surface area contributed by atoms with Gasteiger partial charge in [0.2, 0.25) is 0 Å². The fourth-order valence-electron chi connectivity index (χ4n) is 1.49. The topological polar surface area (TPSA) is 108 Å². The Morgan fingerprint density at radius 3 is 2.50 bits per heavy atom. The molecule has 0 aromatic rings. The van der Waals surface area contributed by atoms with Gasteiger partial charge in [-0.3, -0.25) is 4.79 Å². The van der Waals surface area contributed by atoms with Gasteiger partial charge in [-0.2, -0.15) is 0 Å². The molecule has 0 saturated heterocycles. The number of rotatable bonds is 13. The summed E-state index contributed by atoms with van der Waals surface area (Å²) in [6.45, 7) is 1.65. The first-order valence-electron chi connectivity index (χ1n) is 6.47. The molecule has 0 rings (SSSR count). The molecule has 0 aromatic carbocycles. The predicted molar refractivity (Wildman–Crippen MR) is 69.0 cm³/mol. The number of hydrogen-bond acceptors (Lipinski definition) is 6. The van der Waals surface area contributed by atoms with Crippen molar-refractivity contribution in [2.24, 2.45) is 11.5 Å². The van der Waals surface area contributed by atoms with Crippen molar-refractivity contribution < 1.29 is 19.4 Å². The van der Waals surface area contributed by atoms with Crippen LogP contribution in [0.15, 0.2) is 0 Å². The van der Waals surface area contributed by atoms with Crippen LogP contribution in [0.25, 0.3) is 0 Å². The number of carbonyl (C=O) groups is 1. The summed E-state index contributed by atoms with van der Waals surface area (Å²) in [4.78, 5) is 11.6. The Morgan fingerprint density at radius 1 is 1.11 bits per heavy atom. The van der Waals surface area contributed by atoms with Gasteiger partial charge in [-0.25, -0.2) is 0 Å². The summed E-state index contributed by atoms with van der Waals surface area (Å²) in [6, 6.07) is -0.366. The zero-order chi connectivity index (χ0) is 13.6. The maximum atomic E-state index is 11.6. The first-order chi connectivity index (χ1) is 8.72. The molecule has 0 fully saturated rings. The van der Waals surface area contributed by atoms with Crippen LogP contribution in [0.5, 0.6) is 0 Å². The number of carbonyl (C=O) groups excluding carboxylic acids is 1. The van der Waals surface area contributed by atoms with Crippen molar-refractivity contribution >= 4 is 5.78 Å². The van der Waals surface area contributed by atoms with E-state index in [4.69, 9.17) is 21.3 Å². The Kier molecular flexibility index (Phi) is 12.5. The standard InChI is InChI=1S/C12H26N2O4/c13-6-2-1-4-11(14)12(16)5-3-7-17-8-9-18-10-15/h11,15H,1-10,13-14H2. The summed E-state index contributed by atoms with van der Waals surface area (Å²) < 4.78 is 9.91. The number of aliphatic hydroxyl groups excluding tert-OH is 1. The number of hydrogen-bond donors (Lipinski definition) is 3. The van der Waals surface area contributed by atoms with E-state index in [9.17, 15) is 4.79 Å². The fourth-order valence-corrected chi connectivity index (χ4v) is 1.49. The number of aliphatic hydroxyl groups is 1. The summed E-state index contributed by atoms with van der Waals surface area (Å²) in [6.07, 6.45) is 3.64. The van der Waals surface area contributed by atoms with Gasteiger partial charge in [0.05, 0.1) is 19.3 Å². The number of nitrogens with two attached hydrogens (primary N) is 2. The summed E-state index contributed by atoms with van der Waals surface area (Å²) in [5.74, 6) is 0.0854. The second-order valence-electron chi connectivity index (χ2n) is 4.11. The van der Waals surface area contributed by atoms with E-state index >= 15 is 0 Å². The molecule has 0 spiro atoms. The molecule has 0 heterocycles. The minimum atomic E-state index is -0.366. The zero-order valence-electron chi connectivity index (χ0n) is 11.0. The van der Waals surface area contributed by atoms with E-state index in [1.807, 2.05) is 0 Å². The van der Waals surface area contributed by atoms with Crippen LogP contribution in [0, 0.1) is 0 Å². The zero-order valence-corrected chi connectivity index (χ0v) is 11.0. The van der Waals surface area contributed by atoms with Gasteiger partial charge in [0, 0.05) is 13.0 Å². The van der Waals surface area contributed by atoms with E-state index in [1.54, 1.807) is 0 Å². The van der Waals surface area contributed by atoms with Crippen LogP contribution in [0.4, 0.5) is 0 Å². The Hall–Kier alpha value is -0.530. The lowest BCUT2D eigenvalue weighted by molar-refractivity contribution is -0.120. The van der Waals surface area contributed by atoms with Crippen LogP contribution in [-0.4, -0.2) is 50.1 Å². The average molecular weight is 262 g/mol. The van der Waals surface area contributed by atoms with Gasteiger partial charge < -0.3 is 26.0 Å². The minimum Gasteiger partial charge on any atom is -0.379 e. The van der Waals surface area contributed by atoms with Gasteiger partial charge in [-0.1, -0.05) is 6.42 Å². The highest BCUT2D eigenvalue weighted by molar-refractivity contribution is 5.83. The maximum Gasteiger partial charge on any atom is 0.149 e. The lowest BCUT2D eigenvalue weighted by Gasteiger charge is -2.10. The molecule has 6 nitrogen and oxygen atoms in total. The molecule has 0 aliphatic carbocycles. The van der Waals surface area contributed by atoms with Crippen LogP contribution >= 0.6 is 0 Å². The molecule has 108 valence electrons. The van der Waals surface area contributed by atoms with Crippen molar-refractivity contribution in [3.8, 4) is 0 Å². The second kappa shape index (κ2) is 12.9. The van der Waals surface area contributed by atoms with Crippen LogP contribution < -0.4 is 11.5 Å². The number of ketones is 1. The van der Waals surface area contributed by atoms with Gasteiger partial charge in [-0.15, -0.1) is 0 Å². The van der Waals surface area contributed by atoms with Crippen molar-refractivity contribution in [2.45, 2.75) is 38.1 Å². The minimum absolute atomic E-state index is 0.0854. The molecular formula is C12H26N2O4. The van der Waals surface area contributed by atoms with Crippen molar-refractivity contribution in [3.05, 3.63) is 0 Å². The Labute approximate surface area is 109 Å². The highest BCUT2D eigenvalue weighted by atomic mass is 16.6. The third-order valence-electron chi connectivity index (χ3n) is 2.56. The molecule has 0 amide bonds. The van der Waals surface area contributed by atoms with Crippen LogP contribution in [-0.2, 0) is 14.3 Å². The van der Waals surface area contributed by atoms with Crippen LogP contribution in [0.3, 0.4) is 0 Å². The summed E-state index contributed by atoms with van der Waals surface area (Å²) >= 11 is 0. The summed E-state index contributed by atoms with van der Waals surface area (Å²) in [5, 5.41) is 8.35. The predicted octanol–water partition coefficient (Wildman–Crippen LogP) is -0.225. The van der Waals surface area contributed by atoms with Crippen molar-refractivity contribution in [3.63, 3.8) is 0 Å². The van der Waals surface area contributed by atoms with Gasteiger partial charge in [-0.05, 0) is 25.8 Å². The van der Waals surface area contributed by atoms with E-state index in [0.717, 1.165) is 12.8 Å². The van der Waals surface area contributed by atoms with Crippen molar-refractivity contribution in [1.29, 1.82) is 0 Å². The monoisotopic (exact) mass is 262 g/mol. The quantitative estimate of drug-likeness (QED) is 0.313. The average Bonchev–Trinajstić information content (AvgIpc) is 2.37. The summed E-state index contributed by atoms with van der Waals surface area (Å²) in [5.41, 5.74) is 11.1. The SMILES string of the molecule is NCCCCC(N)C(=O)CCCOCCOCO. The molecule has 0 aromatic heterocycles. The number of ether oxygens (including phenoxy) is 2. The molecular weight excluding hydrogens is 236 g/mol. The van der Waals surface area contributed by atoms with Crippen molar-refractivity contribution in [2.75, 3.05) is 33.2 Å². The Morgan fingerprint density at radius 2 is 1.83 bits per heavy atom.